The predicted molar refractivity (Wildman–Crippen MR) is 107 cm³/mol. The van der Waals surface area contributed by atoms with Crippen LogP contribution in [0, 0.1) is 0 Å². The minimum absolute atomic E-state index is 0.313. The fraction of sp³-hybridized carbons (Fsp3) is 0.227. The quantitative estimate of drug-likeness (QED) is 0.704. The highest BCUT2D eigenvalue weighted by atomic mass is 16.7. The number of fused-ring (bicyclic) bond motifs is 2. The lowest BCUT2D eigenvalue weighted by Crippen LogP contribution is -2.28. The van der Waals surface area contributed by atoms with Gasteiger partial charge in [-0.25, -0.2) is 4.98 Å². The maximum absolute atomic E-state index is 5.45. The Bertz CT molecular complexity index is 1060. The van der Waals surface area contributed by atoms with Crippen LogP contribution in [-0.2, 0) is 7.05 Å². The van der Waals surface area contributed by atoms with E-state index >= 15 is 0 Å². The van der Waals surface area contributed by atoms with Gasteiger partial charge in [-0.1, -0.05) is 24.3 Å². The van der Waals surface area contributed by atoms with Gasteiger partial charge in [-0.15, -0.1) is 0 Å². The number of aryl methyl sites for hydroxylation is 1. The average molecular weight is 359 g/mol. The molecule has 0 unspecified atom stereocenters. The molecule has 3 aromatic rings. The summed E-state index contributed by atoms with van der Waals surface area (Å²) in [5.74, 6) is 1.65. The van der Waals surface area contributed by atoms with Crippen molar-refractivity contribution in [1.29, 1.82) is 0 Å². The second kappa shape index (κ2) is 6.50. The van der Waals surface area contributed by atoms with E-state index in [1.54, 1.807) is 0 Å². The molecule has 0 atom stereocenters. The summed E-state index contributed by atoms with van der Waals surface area (Å²) in [6.07, 6.45) is 11.7. The number of hydrogen-bond acceptors (Lipinski definition) is 4. The maximum atomic E-state index is 5.45. The Morgan fingerprint density at radius 3 is 2.93 bits per heavy atom. The van der Waals surface area contributed by atoms with Gasteiger partial charge in [-0.3, -0.25) is 0 Å². The number of pyridine rings is 1. The molecule has 5 heteroatoms. The molecule has 136 valence electrons. The van der Waals surface area contributed by atoms with Crippen LogP contribution in [0.4, 0.5) is 5.69 Å². The van der Waals surface area contributed by atoms with Gasteiger partial charge in [0.2, 0.25) is 6.79 Å². The summed E-state index contributed by atoms with van der Waals surface area (Å²) in [4.78, 5) is 6.91. The highest BCUT2D eigenvalue weighted by molar-refractivity contribution is 5.91. The van der Waals surface area contributed by atoms with Crippen molar-refractivity contribution < 1.29 is 9.47 Å². The Kier molecular flexibility index (Phi) is 3.85. The minimum Gasteiger partial charge on any atom is -0.454 e. The van der Waals surface area contributed by atoms with Crippen LogP contribution in [0.3, 0.4) is 0 Å². The number of allylic oxidation sites excluding steroid dienone is 1. The zero-order valence-electron chi connectivity index (χ0n) is 15.3. The van der Waals surface area contributed by atoms with Crippen LogP contribution in [0.5, 0.6) is 11.5 Å². The Hall–Kier alpha value is -3.21. The Balaban J connectivity index is 1.32. The van der Waals surface area contributed by atoms with Crippen LogP contribution in [0.25, 0.3) is 17.1 Å². The van der Waals surface area contributed by atoms with Crippen LogP contribution in [0.15, 0.2) is 60.5 Å². The van der Waals surface area contributed by atoms with Gasteiger partial charge in [0.05, 0.1) is 5.69 Å². The largest absolute Gasteiger partial charge is 0.454 e. The minimum atomic E-state index is 0.313. The van der Waals surface area contributed by atoms with Crippen molar-refractivity contribution in [1.82, 2.24) is 9.55 Å². The molecule has 0 bridgehead atoms. The monoisotopic (exact) mass is 359 g/mol. The Morgan fingerprint density at radius 1 is 1.11 bits per heavy atom. The highest BCUT2D eigenvalue weighted by Gasteiger charge is 2.16. The lowest BCUT2D eigenvalue weighted by molar-refractivity contribution is 0.174. The molecule has 0 saturated heterocycles. The molecule has 0 saturated carbocycles. The van der Waals surface area contributed by atoms with Crippen molar-refractivity contribution in [2.24, 2.45) is 7.05 Å². The number of benzene rings is 1. The molecular formula is C22H21N3O2. The summed E-state index contributed by atoms with van der Waals surface area (Å²) < 4.78 is 12.9. The fourth-order valence-electron chi connectivity index (χ4n) is 3.72. The molecule has 0 N–H and O–H groups in total. The molecule has 0 fully saturated rings. The molecule has 0 spiro atoms. The zero-order chi connectivity index (χ0) is 18.2. The van der Waals surface area contributed by atoms with Crippen molar-refractivity contribution >= 4 is 22.8 Å². The third kappa shape index (κ3) is 2.95. The second-order valence-corrected chi connectivity index (χ2v) is 6.92. The fourth-order valence-corrected chi connectivity index (χ4v) is 3.72. The van der Waals surface area contributed by atoms with Gasteiger partial charge in [0.1, 0.15) is 5.65 Å². The summed E-state index contributed by atoms with van der Waals surface area (Å²) in [6, 6.07) is 10.2. The lowest BCUT2D eigenvalue weighted by Gasteiger charge is -2.27. The molecule has 27 heavy (non-hydrogen) atoms. The molecule has 0 radical (unpaired) electrons. The molecule has 2 aliphatic rings. The van der Waals surface area contributed by atoms with Crippen LogP contribution >= 0.6 is 0 Å². The Morgan fingerprint density at radius 2 is 2.04 bits per heavy atom. The number of nitrogens with zero attached hydrogens (tertiary/aromatic N) is 3. The molecule has 0 amide bonds. The second-order valence-electron chi connectivity index (χ2n) is 6.92. The third-order valence-corrected chi connectivity index (χ3v) is 5.18. The van der Waals surface area contributed by atoms with Crippen molar-refractivity contribution in [3.05, 3.63) is 66.0 Å². The normalized spacial score (nSPS) is 16.3. The maximum Gasteiger partial charge on any atom is 0.231 e. The van der Waals surface area contributed by atoms with Crippen LogP contribution < -0.4 is 14.4 Å². The Labute approximate surface area is 158 Å². The summed E-state index contributed by atoms with van der Waals surface area (Å²) in [7, 11) is 2.05. The summed E-state index contributed by atoms with van der Waals surface area (Å²) in [6.45, 7) is 2.23. The molecule has 2 aliphatic heterocycles. The molecular weight excluding hydrogens is 338 g/mol. The van der Waals surface area contributed by atoms with E-state index < -0.39 is 0 Å². The van der Waals surface area contributed by atoms with Crippen molar-refractivity contribution in [3.63, 3.8) is 0 Å². The number of anilines is 1. The van der Waals surface area contributed by atoms with Crippen molar-refractivity contribution in [2.75, 3.05) is 24.8 Å². The predicted octanol–water partition coefficient (Wildman–Crippen LogP) is 4.15. The van der Waals surface area contributed by atoms with E-state index in [1.165, 1.54) is 16.6 Å². The van der Waals surface area contributed by atoms with E-state index in [0.29, 0.717) is 6.79 Å². The highest BCUT2D eigenvalue weighted by Crippen LogP contribution is 2.33. The van der Waals surface area contributed by atoms with Crippen molar-refractivity contribution in [3.8, 4) is 11.5 Å². The molecule has 1 aromatic carbocycles. The molecule has 2 aromatic heterocycles. The first-order valence-corrected chi connectivity index (χ1v) is 9.20. The topological polar surface area (TPSA) is 39.5 Å². The van der Waals surface area contributed by atoms with Gasteiger partial charge in [0.25, 0.3) is 0 Å². The van der Waals surface area contributed by atoms with E-state index in [1.807, 2.05) is 24.4 Å². The number of rotatable bonds is 3. The summed E-state index contributed by atoms with van der Waals surface area (Å²) in [5.41, 5.74) is 4.78. The van der Waals surface area contributed by atoms with Crippen LogP contribution in [0.2, 0.25) is 0 Å². The first kappa shape index (κ1) is 16.0. The number of hydrogen-bond donors (Lipinski definition) is 0. The van der Waals surface area contributed by atoms with Crippen LogP contribution in [0.1, 0.15) is 12.0 Å². The number of ether oxygens (including phenoxy) is 2. The molecule has 5 rings (SSSR count). The first-order valence-electron chi connectivity index (χ1n) is 9.20. The first-order chi connectivity index (χ1) is 13.3. The van der Waals surface area contributed by atoms with E-state index in [-0.39, 0.29) is 0 Å². The van der Waals surface area contributed by atoms with E-state index in [4.69, 9.17) is 9.47 Å². The SMILES string of the molecule is Cn1cc(N2CC=C(/C=C/c3ccc4c(c3)OCO4)CC2)c2cccnc21. The van der Waals surface area contributed by atoms with Gasteiger partial charge in [0, 0.05) is 37.9 Å². The lowest BCUT2D eigenvalue weighted by atomic mass is 10.1. The number of aromatic nitrogens is 2. The van der Waals surface area contributed by atoms with Crippen molar-refractivity contribution in [2.45, 2.75) is 6.42 Å². The molecule has 0 aliphatic carbocycles. The van der Waals surface area contributed by atoms with Gasteiger partial charge in [-0.2, -0.15) is 0 Å². The molecule has 5 nitrogen and oxygen atoms in total. The van der Waals surface area contributed by atoms with Gasteiger partial charge >= 0.3 is 0 Å². The third-order valence-electron chi connectivity index (χ3n) is 5.18. The van der Waals surface area contributed by atoms with E-state index in [2.05, 4.69) is 58.1 Å². The average Bonchev–Trinajstić information content (AvgIpc) is 3.31. The smallest absolute Gasteiger partial charge is 0.231 e. The van der Waals surface area contributed by atoms with Gasteiger partial charge in [-0.05, 0) is 41.8 Å². The van der Waals surface area contributed by atoms with E-state index in [9.17, 15) is 0 Å². The standard InChI is InChI=1S/C22H21N3O2/c1-24-14-19(18-3-2-10-23-22(18)24)25-11-8-16(9-12-25)4-5-17-6-7-20-21(13-17)27-15-26-20/h2-8,10,13-14H,9,11-12,15H2,1H3/b5-4+. The summed E-state index contributed by atoms with van der Waals surface area (Å²) >= 11 is 0. The van der Waals surface area contributed by atoms with Gasteiger partial charge < -0.3 is 18.9 Å². The molecule has 4 heterocycles. The summed E-state index contributed by atoms with van der Waals surface area (Å²) in [5, 5.41) is 1.22. The van der Waals surface area contributed by atoms with E-state index in [0.717, 1.165) is 42.2 Å². The van der Waals surface area contributed by atoms with Gasteiger partial charge in [0.15, 0.2) is 11.5 Å². The zero-order valence-corrected chi connectivity index (χ0v) is 15.3. The van der Waals surface area contributed by atoms with Crippen LogP contribution in [-0.4, -0.2) is 29.4 Å².